The van der Waals surface area contributed by atoms with Crippen molar-refractivity contribution in [3.63, 3.8) is 0 Å². The molecule has 9 heteroatoms. The summed E-state index contributed by atoms with van der Waals surface area (Å²) in [5, 5.41) is 2.86. The summed E-state index contributed by atoms with van der Waals surface area (Å²) < 4.78 is 33.5. The number of hydrogen-bond donors (Lipinski definition) is 3. The molecule has 3 rings (SSSR count). The van der Waals surface area contributed by atoms with Gasteiger partial charge in [-0.15, -0.1) is 0 Å². The van der Waals surface area contributed by atoms with E-state index in [1.54, 1.807) is 24.3 Å². The standard InChI is InChI=1S/C22H25N3O5S/c1-4-14(3)24-22(27)19-13-23-20-11-10-17(12-18(20)21(19)26)31(28,29)25-15-6-8-16(9-7-15)30-5-2/h6-14,25H,4-5H2,1-3H3,(H,23,26)(H,24,27)/t14-/m1/s1. The van der Waals surface area contributed by atoms with E-state index >= 15 is 0 Å². The molecule has 164 valence electrons. The maximum Gasteiger partial charge on any atom is 0.261 e. The van der Waals surface area contributed by atoms with Crippen molar-refractivity contribution in [3.8, 4) is 5.75 Å². The number of carbonyl (C=O) groups excluding carboxylic acids is 1. The minimum atomic E-state index is -3.95. The van der Waals surface area contributed by atoms with Crippen LogP contribution in [0.5, 0.6) is 5.75 Å². The fraction of sp³-hybridized carbons (Fsp3) is 0.273. The number of aromatic nitrogens is 1. The van der Waals surface area contributed by atoms with Crippen molar-refractivity contribution >= 4 is 32.5 Å². The molecule has 1 atom stereocenters. The molecule has 0 bridgehead atoms. The zero-order chi connectivity index (χ0) is 22.6. The SMILES string of the molecule is CCOc1ccc(NS(=O)(=O)c2ccc3[nH]cc(C(=O)N[C@H](C)CC)c(=O)c3c2)cc1. The molecule has 31 heavy (non-hydrogen) atoms. The van der Waals surface area contributed by atoms with Crippen LogP contribution in [-0.4, -0.2) is 32.0 Å². The number of fused-ring (bicyclic) bond motifs is 1. The predicted octanol–water partition coefficient (Wildman–Crippen LogP) is 3.26. The smallest absolute Gasteiger partial charge is 0.261 e. The largest absolute Gasteiger partial charge is 0.494 e. The number of anilines is 1. The molecule has 0 aliphatic rings. The molecule has 0 saturated heterocycles. The number of benzene rings is 2. The molecular formula is C22H25N3O5S. The Morgan fingerprint density at radius 2 is 1.84 bits per heavy atom. The van der Waals surface area contributed by atoms with Gasteiger partial charge in [0.2, 0.25) is 5.43 Å². The highest BCUT2D eigenvalue weighted by Gasteiger charge is 2.19. The monoisotopic (exact) mass is 443 g/mol. The van der Waals surface area contributed by atoms with Crippen LogP contribution in [0.15, 0.2) is 58.4 Å². The van der Waals surface area contributed by atoms with Crippen molar-refractivity contribution in [1.29, 1.82) is 0 Å². The van der Waals surface area contributed by atoms with Crippen molar-refractivity contribution < 1.29 is 17.9 Å². The number of rotatable bonds is 8. The Balaban J connectivity index is 1.93. The lowest BCUT2D eigenvalue weighted by molar-refractivity contribution is 0.0938. The second-order valence-electron chi connectivity index (χ2n) is 7.08. The van der Waals surface area contributed by atoms with Gasteiger partial charge in [-0.05, 0) is 62.7 Å². The molecule has 2 aromatic carbocycles. The summed E-state index contributed by atoms with van der Waals surface area (Å²) in [5.74, 6) is 0.129. The minimum Gasteiger partial charge on any atom is -0.494 e. The Morgan fingerprint density at radius 3 is 2.48 bits per heavy atom. The normalized spacial score (nSPS) is 12.4. The molecule has 0 spiro atoms. The zero-order valence-electron chi connectivity index (χ0n) is 17.6. The molecule has 0 fully saturated rings. The van der Waals surface area contributed by atoms with E-state index in [9.17, 15) is 18.0 Å². The number of nitrogens with one attached hydrogen (secondary N) is 3. The van der Waals surface area contributed by atoms with E-state index in [2.05, 4.69) is 15.0 Å². The van der Waals surface area contributed by atoms with Crippen LogP contribution in [0, 0.1) is 0 Å². The van der Waals surface area contributed by atoms with Crippen molar-refractivity contribution in [2.45, 2.75) is 38.1 Å². The van der Waals surface area contributed by atoms with Crippen molar-refractivity contribution in [3.05, 3.63) is 64.4 Å². The van der Waals surface area contributed by atoms with E-state index in [4.69, 9.17) is 4.74 Å². The summed E-state index contributed by atoms with van der Waals surface area (Å²) >= 11 is 0. The van der Waals surface area contributed by atoms with E-state index in [0.717, 1.165) is 6.42 Å². The lowest BCUT2D eigenvalue weighted by Crippen LogP contribution is -2.35. The molecule has 0 radical (unpaired) electrons. The highest BCUT2D eigenvalue weighted by Crippen LogP contribution is 2.21. The van der Waals surface area contributed by atoms with E-state index in [1.807, 2.05) is 20.8 Å². The Kier molecular flexibility index (Phi) is 6.65. The van der Waals surface area contributed by atoms with E-state index < -0.39 is 21.4 Å². The number of sulfonamides is 1. The second-order valence-corrected chi connectivity index (χ2v) is 8.77. The van der Waals surface area contributed by atoms with Crippen molar-refractivity contribution in [2.75, 3.05) is 11.3 Å². The maximum atomic E-state index is 12.9. The molecule has 0 aliphatic heterocycles. The first-order valence-corrected chi connectivity index (χ1v) is 11.5. The average Bonchev–Trinajstić information content (AvgIpc) is 2.75. The Hall–Kier alpha value is -3.33. The molecule has 0 saturated carbocycles. The summed E-state index contributed by atoms with van der Waals surface area (Å²) in [6.07, 6.45) is 2.06. The van der Waals surface area contributed by atoms with Crippen LogP contribution in [0.2, 0.25) is 0 Å². The molecule has 8 nitrogen and oxygen atoms in total. The third-order valence-corrected chi connectivity index (χ3v) is 6.19. The van der Waals surface area contributed by atoms with Gasteiger partial charge in [-0.2, -0.15) is 0 Å². The summed E-state index contributed by atoms with van der Waals surface area (Å²) in [6.45, 7) is 6.13. The quantitative estimate of drug-likeness (QED) is 0.494. The number of amides is 1. The molecule has 3 aromatic rings. The maximum absolute atomic E-state index is 12.9. The van der Waals surface area contributed by atoms with E-state index in [-0.39, 0.29) is 21.9 Å². The number of ether oxygens (including phenoxy) is 1. The fourth-order valence-electron chi connectivity index (χ4n) is 2.94. The van der Waals surface area contributed by atoms with Gasteiger partial charge in [0.05, 0.1) is 11.5 Å². The van der Waals surface area contributed by atoms with Crippen LogP contribution < -0.4 is 20.2 Å². The topological polar surface area (TPSA) is 117 Å². The second kappa shape index (κ2) is 9.22. The van der Waals surface area contributed by atoms with Crippen LogP contribution in [0.1, 0.15) is 37.6 Å². The third-order valence-electron chi connectivity index (χ3n) is 4.81. The first-order valence-electron chi connectivity index (χ1n) is 9.97. The number of carbonyl (C=O) groups is 1. The van der Waals surface area contributed by atoms with Crippen LogP contribution in [-0.2, 0) is 10.0 Å². The molecule has 1 heterocycles. The van der Waals surface area contributed by atoms with Crippen molar-refractivity contribution in [2.24, 2.45) is 0 Å². The Bertz CT molecular complexity index is 1250. The van der Waals surface area contributed by atoms with Crippen LogP contribution in [0.25, 0.3) is 10.9 Å². The summed E-state index contributed by atoms with van der Waals surface area (Å²) in [4.78, 5) is 28.1. The highest BCUT2D eigenvalue weighted by molar-refractivity contribution is 7.92. The first-order chi connectivity index (χ1) is 14.7. The van der Waals surface area contributed by atoms with E-state index in [0.29, 0.717) is 23.6 Å². The van der Waals surface area contributed by atoms with Crippen LogP contribution >= 0.6 is 0 Å². The van der Waals surface area contributed by atoms with Gasteiger partial charge in [0.25, 0.3) is 15.9 Å². The zero-order valence-corrected chi connectivity index (χ0v) is 18.4. The van der Waals surface area contributed by atoms with Gasteiger partial charge in [0.1, 0.15) is 11.3 Å². The average molecular weight is 444 g/mol. The third kappa shape index (κ3) is 5.05. The van der Waals surface area contributed by atoms with Crippen LogP contribution in [0.4, 0.5) is 5.69 Å². The molecule has 0 aliphatic carbocycles. The molecule has 0 unspecified atom stereocenters. The predicted molar refractivity (Wildman–Crippen MR) is 120 cm³/mol. The number of aromatic amines is 1. The lowest BCUT2D eigenvalue weighted by atomic mass is 10.1. The van der Waals surface area contributed by atoms with Gasteiger partial charge in [-0.3, -0.25) is 14.3 Å². The van der Waals surface area contributed by atoms with Gasteiger partial charge < -0.3 is 15.0 Å². The Morgan fingerprint density at radius 1 is 1.13 bits per heavy atom. The molecular weight excluding hydrogens is 418 g/mol. The highest BCUT2D eigenvalue weighted by atomic mass is 32.2. The van der Waals surface area contributed by atoms with Gasteiger partial charge in [0.15, 0.2) is 0 Å². The first kappa shape index (κ1) is 22.4. The minimum absolute atomic E-state index is 0.0678. The summed E-state index contributed by atoms with van der Waals surface area (Å²) in [7, 11) is -3.95. The summed E-state index contributed by atoms with van der Waals surface area (Å²) in [6, 6.07) is 10.6. The fourth-order valence-corrected chi connectivity index (χ4v) is 4.02. The van der Waals surface area contributed by atoms with Gasteiger partial charge in [0, 0.05) is 28.8 Å². The summed E-state index contributed by atoms with van der Waals surface area (Å²) in [5.41, 5.74) is 0.193. The number of pyridine rings is 1. The van der Waals surface area contributed by atoms with Gasteiger partial charge in [-0.25, -0.2) is 8.42 Å². The molecule has 3 N–H and O–H groups in total. The molecule has 1 amide bonds. The lowest BCUT2D eigenvalue weighted by Gasteiger charge is -2.12. The number of hydrogen-bond acceptors (Lipinski definition) is 5. The van der Waals surface area contributed by atoms with Crippen LogP contribution in [0.3, 0.4) is 0 Å². The van der Waals surface area contributed by atoms with Gasteiger partial charge in [-0.1, -0.05) is 6.92 Å². The Labute approximate surface area is 180 Å². The molecule has 1 aromatic heterocycles. The van der Waals surface area contributed by atoms with Crippen molar-refractivity contribution in [1.82, 2.24) is 10.3 Å². The number of H-pyrrole nitrogens is 1. The van der Waals surface area contributed by atoms with E-state index in [1.165, 1.54) is 24.4 Å². The van der Waals surface area contributed by atoms with Gasteiger partial charge >= 0.3 is 0 Å².